The largest absolute Gasteiger partial charge is 0.334 e. The Morgan fingerprint density at radius 2 is 1.72 bits per heavy atom. The van der Waals surface area contributed by atoms with E-state index in [9.17, 15) is 17.6 Å². The van der Waals surface area contributed by atoms with Crippen LogP contribution in [-0.4, -0.2) is 25.8 Å². The smallest absolute Gasteiger partial charge is 0.261 e. The van der Waals surface area contributed by atoms with Crippen molar-refractivity contribution in [3.63, 3.8) is 0 Å². The number of halogens is 2. The lowest BCUT2D eigenvalue weighted by molar-refractivity contribution is 0.0754. The van der Waals surface area contributed by atoms with Gasteiger partial charge in [0.15, 0.2) is 0 Å². The van der Waals surface area contributed by atoms with Crippen molar-refractivity contribution in [1.29, 1.82) is 0 Å². The van der Waals surface area contributed by atoms with E-state index in [0.29, 0.717) is 28.7 Å². The third kappa shape index (κ3) is 5.35. The van der Waals surface area contributed by atoms with Crippen LogP contribution in [0.2, 0.25) is 4.34 Å². The number of hydrogen-bond donors (Lipinski definition) is 1. The predicted octanol–water partition coefficient (Wildman–Crippen LogP) is 5.00. The molecule has 0 bridgehead atoms. The van der Waals surface area contributed by atoms with Gasteiger partial charge in [0.1, 0.15) is 5.82 Å². The van der Waals surface area contributed by atoms with Gasteiger partial charge >= 0.3 is 0 Å². The molecule has 0 spiro atoms. The molecule has 1 aromatic heterocycles. The molecule has 0 aliphatic rings. The van der Waals surface area contributed by atoms with Gasteiger partial charge in [0.25, 0.3) is 15.9 Å². The van der Waals surface area contributed by atoms with Crippen LogP contribution in [-0.2, 0) is 16.6 Å². The summed E-state index contributed by atoms with van der Waals surface area (Å²) in [6, 6.07) is 14.4. The average Bonchev–Trinajstić information content (AvgIpc) is 3.11. The molecular weight excluding hydrogens is 435 g/mol. The fraction of sp³-hybridized carbons (Fsp3) is 0.150. The average molecular weight is 453 g/mol. The lowest BCUT2D eigenvalue weighted by Crippen LogP contribution is -2.29. The molecule has 5 nitrogen and oxygen atoms in total. The van der Waals surface area contributed by atoms with Crippen molar-refractivity contribution in [2.75, 3.05) is 11.3 Å². The molecular formula is C20H18ClFN2O3S2. The summed E-state index contributed by atoms with van der Waals surface area (Å²) in [5.41, 5.74) is 0.748. The minimum Gasteiger partial charge on any atom is -0.334 e. The van der Waals surface area contributed by atoms with Crippen molar-refractivity contribution in [1.82, 2.24) is 4.90 Å². The van der Waals surface area contributed by atoms with E-state index >= 15 is 0 Å². The summed E-state index contributed by atoms with van der Waals surface area (Å²) < 4.78 is 40.8. The molecule has 3 rings (SSSR count). The highest BCUT2D eigenvalue weighted by Crippen LogP contribution is 2.24. The highest BCUT2D eigenvalue weighted by molar-refractivity contribution is 7.92. The van der Waals surface area contributed by atoms with Crippen molar-refractivity contribution in [2.24, 2.45) is 0 Å². The molecule has 152 valence electrons. The normalized spacial score (nSPS) is 11.3. The van der Waals surface area contributed by atoms with E-state index in [1.54, 1.807) is 23.1 Å². The van der Waals surface area contributed by atoms with E-state index in [1.165, 1.54) is 35.6 Å². The van der Waals surface area contributed by atoms with Gasteiger partial charge in [-0.2, -0.15) is 0 Å². The number of nitrogens with one attached hydrogen (secondary N) is 1. The second-order valence-corrected chi connectivity index (χ2v) is 9.64. The van der Waals surface area contributed by atoms with E-state index < -0.39 is 15.8 Å². The zero-order valence-corrected chi connectivity index (χ0v) is 17.8. The lowest BCUT2D eigenvalue weighted by Gasteiger charge is -2.20. The number of sulfonamides is 1. The standard InChI is InChI=1S/C20H18ClFN2O3S2/c1-2-24(13-17-9-12-19(21)28-17)20(25)14-3-7-16(8-4-14)23-29(26,27)18-10-5-15(22)6-11-18/h3-12,23H,2,13H2,1H3. The van der Waals surface area contributed by atoms with Crippen LogP contribution in [0.4, 0.5) is 10.1 Å². The minimum atomic E-state index is -3.85. The van der Waals surface area contributed by atoms with Crippen molar-refractivity contribution in [3.05, 3.63) is 81.3 Å². The molecule has 9 heteroatoms. The number of benzene rings is 2. The summed E-state index contributed by atoms with van der Waals surface area (Å²) >= 11 is 7.37. The highest BCUT2D eigenvalue weighted by atomic mass is 35.5. The van der Waals surface area contributed by atoms with Crippen LogP contribution in [0.15, 0.2) is 65.6 Å². The maximum absolute atomic E-state index is 13.0. The van der Waals surface area contributed by atoms with Crippen LogP contribution in [0.3, 0.4) is 0 Å². The number of thiophene rings is 1. The number of nitrogens with zero attached hydrogens (tertiary/aromatic N) is 1. The zero-order valence-electron chi connectivity index (χ0n) is 15.4. The molecule has 3 aromatic rings. The zero-order chi connectivity index (χ0) is 21.0. The van der Waals surface area contributed by atoms with Gasteiger partial charge in [-0.1, -0.05) is 11.6 Å². The molecule has 0 saturated heterocycles. The molecule has 1 heterocycles. The second-order valence-electron chi connectivity index (χ2n) is 6.16. The first-order valence-electron chi connectivity index (χ1n) is 8.70. The fourth-order valence-electron chi connectivity index (χ4n) is 2.64. The van der Waals surface area contributed by atoms with Crippen LogP contribution in [0.5, 0.6) is 0 Å². The second kappa shape index (κ2) is 8.94. The number of carbonyl (C=O) groups excluding carboxylic acids is 1. The Kier molecular flexibility index (Phi) is 6.56. The van der Waals surface area contributed by atoms with E-state index in [4.69, 9.17) is 11.6 Å². The van der Waals surface area contributed by atoms with Crippen LogP contribution >= 0.6 is 22.9 Å². The molecule has 0 aliphatic carbocycles. The van der Waals surface area contributed by atoms with E-state index in [1.807, 2.05) is 13.0 Å². The molecule has 0 radical (unpaired) electrons. The topological polar surface area (TPSA) is 66.5 Å². The first-order chi connectivity index (χ1) is 13.8. The Hall–Kier alpha value is -2.42. The molecule has 0 atom stereocenters. The molecule has 29 heavy (non-hydrogen) atoms. The molecule has 0 saturated carbocycles. The number of carbonyl (C=O) groups is 1. The molecule has 2 aromatic carbocycles. The van der Waals surface area contributed by atoms with Gasteiger partial charge in [0, 0.05) is 22.7 Å². The molecule has 0 fully saturated rings. The van der Waals surface area contributed by atoms with Gasteiger partial charge in [0.2, 0.25) is 0 Å². The number of amides is 1. The summed E-state index contributed by atoms with van der Waals surface area (Å²) in [6.45, 7) is 2.86. The highest BCUT2D eigenvalue weighted by Gasteiger charge is 2.17. The summed E-state index contributed by atoms with van der Waals surface area (Å²) in [5.74, 6) is -0.679. The van der Waals surface area contributed by atoms with Gasteiger partial charge in [-0.15, -0.1) is 11.3 Å². The van der Waals surface area contributed by atoms with Crippen LogP contribution in [0, 0.1) is 5.82 Å². The monoisotopic (exact) mass is 452 g/mol. The van der Waals surface area contributed by atoms with Gasteiger partial charge in [-0.3, -0.25) is 9.52 Å². The molecule has 0 unspecified atom stereocenters. The number of rotatable bonds is 7. The third-order valence-corrected chi connectivity index (χ3v) is 6.77. The molecule has 1 amide bonds. The fourth-order valence-corrected chi connectivity index (χ4v) is 4.81. The number of hydrogen-bond acceptors (Lipinski definition) is 4. The molecule has 0 aliphatic heterocycles. The van der Waals surface area contributed by atoms with Crippen molar-refractivity contribution in [3.8, 4) is 0 Å². The van der Waals surface area contributed by atoms with Crippen LogP contribution in [0.25, 0.3) is 0 Å². The lowest BCUT2D eigenvalue weighted by atomic mass is 10.2. The third-order valence-electron chi connectivity index (χ3n) is 4.15. The summed E-state index contributed by atoms with van der Waals surface area (Å²) in [4.78, 5) is 15.4. The predicted molar refractivity (Wildman–Crippen MR) is 113 cm³/mol. The first kappa shape index (κ1) is 21.3. The van der Waals surface area contributed by atoms with Gasteiger partial charge in [-0.25, -0.2) is 12.8 Å². The van der Waals surface area contributed by atoms with Gasteiger partial charge < -0.3 is 4.90 Å². The Balaban J connectivity index is 1.71. The van der Waals surface area contributed by atoms with Crippen molar-refractivity contribution >= 4 is 44.6 Å². The maximum Gasteiger partial charge on any atom is 0.261 e. The first-order valence-corrected chi connectivity index (χ1v) is 11.4. The van der Waals surface area contributed by atoms with E-state index in [-0.39, 0.29) is 10.8 Å². The summed E-state index contributed by atoms with van der Waals surface area (Å²) in [7, 11) is -3.85. The molecule has 1 N–H and O–H groups in total. The van der Waals surface area contributed by atoms with Crippen molar-refractivity contribution in [2.45, 2.75) is 18.4 Å². The van der Waals surface area contributed by atoms with E-state index in [2.05, 4.69) is 4.72 Å². The Morgan fingerprint density at radius 1 is 1.07 bits per heavy atom. The summed E-state index contributed by atoms with van der Waals surface area (Å²) in [5, 5.41) is 0. The van der Waals surface area contributed by atoms with Crippen LogP contribution < -0.4 is 4.72 Å². The quantitative estimate of drug-likeness (QED) is 0.548. The van der Waals surface area contributed by atoms with Gasteiger partial charge in [-0.05, 0) is 67.6 Å². The SMILES string of the molecule is CCN(Cc1ccc(Cl)s1)C(=O)c1ccc(NS(=O)(=O)c2ccc(F)cc2)cc1. The summed E-state index contributed by atoms with van der Waals surface area (Å²) in [6.07, 6.45) is 0. The number of anilines is 1. The van der Waals surface area contributed by atoms with Crippen LogP contribution in [0.1, 0.15) is 22.2 Å². The maximum atomic E-state index is 13.0. The minimum absolute atomic E-state index is 0.0502. The Bertz CT molecular complexity index is 1100. The van der Waals surface area contributed by atoms with Gasteiger partial charge in [0.05, 0.1) is 15.8 Å². The van der Waals surface area contributed by atoms with Crippen molar-refractivity contribution < 1.29 is 17.6 Å². The Labute approximate surface area is 177 Å². The van der Waals surface area contributed by atoms with E-state index in [0.717, 1.165) is 17.0 Å². The Morgan fingerprint density at radius 3 is 2.28 bits per heavy atom.